The molecule has 0 bridgehead atoms. The van der Waals surface area contributed by atoms with Crippen molar-refractivity contribution >= 4 is 40.0 Å². The Morgan fingerprint density at radius 2 is 1.56 bits per heavy atom. The summed E-state index contributed by atoms with van der Waals surface area (Å²) in [6.07, 6.45) is 0. The van der Waals surface area contributed by atoms with Crippen molar-refractivity contribution in [3.8, 4) is 0 Å². The molecule has 0 aromatic rings. The number of hydrogen-bond acceptors (Lipinski definition) is 1. The van der Waals surface area contributed by atoms with Gasteiger partial charge in [-0.3, -0.25) is 0 Å². The summed E-state index contributed by atoms with van der Waals surface area (Å²) in [5.74, 6) is 0. The zero-order chi connectivity index (χ0) is 6.62. The van der Waals surface area contributed by atoms with Crippen LogP contribution < -0.4 is 0 Å². The Morgan fingerprint density at radius 3 is 1.56 bits per heavy atom. The molecule has 0 N–H and O–H groups in total. The maximum absolute atomic E-state index is 4.90. The van der Waals surface area contributed by atoms with E-state index >= 15 is 0 Å². The van der Waals surface area contributed by atoms with Gasteiger partial charge in [-0.25, -0.2) is 0 Å². The van der Waals surface area contributed by atoms with Crippen LogP contribution >= 0.6 is 40.0 Å². The van der Waals surface area contributed by atoms with Gasteiger partial charge in [0, 0.05) is 0 Å². The molecule has 0 atom stereocenters. The van der Waals surface area contributed by atoms with Crippen LogP contribution in [0, 0.1) is 0 Å². The van der Waals surface area contributed by atoms with Crippen molar-refractivity contribution in [1.82, 2.24) is 0 Å². The van der Waals surface area contributed by atoms with Crippen LogP contribution in [0.15, 0.2) is 0 Å². The van der Waals surface area contributed by atoms with Gasteiger partial charge in [0.2, 0.25) is 0 Å². The average molecular weight is 393 g/mol. The summed E-state index contributed by atoms with van der Waals surface area (Å²) in [6, 6.07) is 0. The van der Waals surface area contributed by atoms with E-state index in [2.05, 4.69) is 53.8 Å². The van der Waals surface area contributed by atoms with Crippen LogP contribution in [-0.2, 0) is 14.2 Å². The molecule has 0 aromatic heterocycles. The minimum atomic E-state index is 0. The molecule has 4 heteroatoms. The van der Waals surface area contributed by atoms with E-state index in [0.717, 1.165) is 6.61 Å². The Balaban J connectivity index is 0. The first-order valence-electron chi connectivity index (χ1n) is 2.18. The fraction of sp³-hybridized carbons (Fsp3) is 1.00. The van der Waals surface area contributed by atoms with Gasteiger partial charge in [0.05, 0.1) is 12.2 Å². The normalized spacial score (nSPS) is 18.2. The molecule has 1 aliphatic rings. The maximum atomic E-state index is 4.90. The van der Waals surface area contributed by atoms with E-state index in [1.54, 1.807) is 0 Å². The second kappa shape index (κ2) is 6.70. The molecule has 0 radical (unpaired) electrons. The summed E-state index contributed by atoms with van der Waals surface area (Å²) in [7, 11) is 0.628. The van der Waals surface area contributed by atoms with Gasteiger partial charge in [-0.2, -0.15) is 0 Å². The van der Waals surface area contributed by atoms with Crippen LogP contribution in [0.25, 0.3) is 0 Å². The van der Waals surface area contributed by atoms with Crippen LogP contribution in [0.2, 0.25) is 0 Å². The Bertz CT molecular complexity index is 62.0. The minimum absolute atomic E-state index is 0. The fourth-order valence-corrected chi connectivity index (χ4v) is 0.144. The molecule has 0 aliphatic carbocycles. The van der Waals surface area contributed by atoms with Crippen molar-refractivity contribution in [3.63, 3.8) is 0 Å². The molecule has 1 heterocycles. The standard InChI is InChI=1S/C4H8O.CH4.2HI.V/c1-4(2)3-5-4;;;;/h3H2,1-2H3;1H4;2*1H;/q;;;;+2/p-2. The molecule has 0 spiro atoms. The number of rotatable bonds is 0. The monoisotopic (exact) mass is 393 g/mol. The molecular formula is C5H12I2OV. The van der Waals surface area contributed by atoms with Crippen molar-refractivity contribution < 1.29 is 14.2 Å². The predicted octanol–water partition coefficient (Wildman–Crippen LogP) is 3.20. The number of halogens is 2. The van der Waals surface area contributed by atoms with Gasteiger partial charge in [0.15, 0.2) is 0 Å². The molecule has 1 saturated heterocycles. The number of epoxide rings is 1. The van der Waals surface area contributed by atoms with Gasteiger partial charge in [0.1, 0.15) is 0 Å². The third-order valence-electron chi connectivity index (χ3n) is 0.722. The molecular weight excluding hydrogens is 381 g/mol. The molecule has 0 aromatic carbocycles. The Labute approximate surface area is 86.5 Å². The van der Waals surface area contributed by atoms with Crippen molar-refractivity contribution in [2.75, 3.05) is 6.61 Å². The van der Waals surface area contributed by atoms with Gasteiger partial charge in [0.25, 0.3) is 0 Å². The molecule has 57 valence electrons. The number of ether oxygens (including phenoxy) is 1. The molecule has 1 nitrogen and oxygen atoms in total. The number of hydrogen-bond donors (Lipinski definition) is 0. The molecule has 1 fully saturated rings. The van der Waals surface area contributed by atoms with Crippen LogP contribution in [0.4, 0.5) is 0 Å². The SMILES string of the molecule is C.CC1(C)CO1.[I][V][I]. The quantitative estimate of drug-likeness (QED) is 0.455. The summed E-state index contributed by atoms with van der Waals surface area (Å²) in [5.41, 5.74) is 0.250. The van der Waals surface area contributed by atoms with Gasteiger partial charge in [-0.1, -0.05) is 7.43 Å². The summed E-state index contributed by atoms with van der Waals surface area (Å²) in [4.78, 5) is 0. The van der Waals surface area contributed by atoms with E-state index in [0.29, 0.717) is 9.47 Å². The zero-order valence-electron chi connectivity index (χ0n) is 4.82. The zero-order valence-corrected chi connectivity index (χ0v) is 10.5. The third-order valence-corrected chi connectivity index (χ3v) is 0.722. The van der Waals surface area contributed by atoms with Crippen molar-refractivity contribution in [2.45, 2.75) is 26.9 Å². The van der Waals surface area contributed by atoms with Crippen LogP contribution in [0.1, 0.15) is 21.3 Å². The van der Waals surface area contributed by atoms with Crippen LogP contribution in [0.3, 0.4) is 0 Å². The molecule has 0 unspecified atom stereocenters. The third kappa shape index (κ3) is 13.1. The topological polar surface area (TPSA) is 12.5 Å². The molecule has 1 rings (SSSR count). The molecule has 0 saturated carbocycles. The van der Waals surface area contributed by atoms with Crippen LogP contribution in [0.5, 0.6) is 0 Å². The first-order valence-corrected chi connectivity index (χ1v) is 11.2. The van der Waals surface area contributed by atoms with Gasteiger partial charge in [-0.15, -0.1) is 0 Å². The Kier molecular flexibility index (Phi) is 10.1. The average Bonchev–Trinajstić information content (AvgIpc) is 2.22. The summed E-state index contributed by atoms with van der Waals surface area (Å²) < 4.78 is 4.90. The second-order valence-corrected chi connectivity index (χ2v) is 13.9. The first-order chi connectivity index (χ1) is 3.62. The summed E-state index contributed by atoms with van der Waals surface area (Å²) in [5, 5.41) is 0. The van der Waals surface area contributed by atoms with E-state index in [1.807, 2.05) is 0 Å². The Hall–Kier alpha value is 2.00. The molecule has 0 amide bonds. The van der Waals surface area contributed by atoms with Gasteiger partial charge in [-0.05, 0) is 13.8 Å². The first kappa shape index (κ1) is 13.6. The second-order valence-electron chi connectivity index (χ2n) is 2.11. The van der Waals surface area contributed by atoms with E-state index in [1.165, 1.54) is 0 Å². The Morgan fingerprint density at radius 1 is 1.44 bits per heavy atom. The fourth-order valence-electron chi connectivity index (χ4n) is 0.144. The van der Waals surface area contributed by atoms with E-state index in [4.69, 9.17) is 4.74 Å². The summed E-state index contributed by atoms with van der Waals surface area (Å²) >= 11 is 4.74. The predicted molar refractivity (Wildman–Crippen MR) is 54.8 cm³/mol. The summed E-state index contributed by atoms with van der Waals surface area (Å²) in [6.45, 7) is 5.10. The van der Waals surface area contributed by atoms with Crippen molar-refractivity contribution in [2.24, 2.45) is 0 Å². The van der Waals surface area contributed by atoms with Gasteiger partial charge < -0.3 is 4.74 Å². The molecule has 1 aliphatic heterocycles. The van der Waals surface area contributed by atoms with Crippen molar-refractivity contribution in [1.29, 1.82) is 0 Å². The van der Waals surface area contributed by atoms with E-state index in [-0.39, 0.29) is 13.0 Å². The van der Waals surface area contributed by atoms with Gasteiger partial charge >= 0.3 is 49.4 Å². The molecule has 9 heavy (non-hydrogen) atoms. The van der Waals surface area contributed by atoms with E-state index < -0.39 is 0 Å². The van der Waals surface area contributed by atoms with E-state index in [9.17, 15) is 0 Å². The van der Waals surface area contributed by atoms with Crippen molar-refractivity contribution in [3.05, 3.63) is 0 Å². The van der Waals surface area contributed by atoms with Crippen LogP contribution in [-0.4, -0.2) is 12.2 Å².